The summed E-state index contributed by atoms with van der Waals surface area (Å²) in [6.45, 7) is 3.96. The average molecular weight is 288 g/mol. The molecule has 5 heteroatoms. The summed E-state index contributed by atoms with van der Waals surface area (Å²) in [5, 5.41) is 8.67. The SMILES string of the molecule is Cc1cc(N2CCCN(C)C(=O)C2)ccc1/C=C/C(=O)O. The van der Waals surface area contributed by atoms with Gasteiger partial charge in [-0.3, -0.25) is 4.79 Å². The molecule has 1 aromatic rings. The highest BCUT2D eigenvalue weighted by atomic mass is 16.4. The maximum Gasteiger partial charge on any atom is 0.328 e. The summed E-state index contributed by atoms with van der Waals surface area (Å²) in [5.41, 5.74) is 2.87. The molecular formula is C16H20N2O3. The van der Waals surface area contributed by atoms with E-state index in [9.17, 15) is 9.59 Å². The Bertz CT molecular complexity index is 581. The quantitative estimate of drug-likeness (QED) is 0.861. The third-order valence-electron chi connectivity index (χ3n) is 3.70. The van der Waals surface area contributed by atoms with E-state index < -0.39 is 5.97 Å². The van der Waals surface area contributed by atoms with Crippen molar-refractivity contribution in [3.63, 3.8) is 0 Å². The number of carbonyl (C=O) groups excluding carboxylic acids is 1. The van der Waals surface area contributed by atoms with E-state index >= 15 is 0 Å². The minimum atomic E-state index is -0.959. The predicted octanol–water partition coefficient (Wildman–Crippen LogP) is 1.76. The van der Waals surface area contributed by atoms with Crippen molar-refractivity contribution in [1.82, 2.24) is 4.90 Å². The smallest absolute Gasteiger partial charge is 0.328 e. The summed E-state index contributed by atoms with van der Waals surface area (Å²) in [4.78, 5) is 26.3. The Labute approximate surface area is 124 Å². The Kier molecular flexibility index (Phi) is 4.62. The Morgan fingerprint density at radius 1 is 1.33 bits per heavy atom. The van der Waals surface area contributed by atoms with Gasteiger partial charge in [-0.2, -0.15) is 0 Å². The highest BCUT2D eigenvalue weighted by Crippen LogP contribution is 2.21. The van der Waals surface area contributed by atoms with Crippen LogP contribution >= 0.6 is 0 Å². The topological polar surface area (TPSA) is 60.9 Å². The number of aryl methyl sites for hydroxylation is 1. The molecule has 5 nitrogen and oxygen atoms in total. The van der Waals surface area contributed by atoms with Crippen molar-refractivity contribution in [3.05, 3.63) is 35.4 Å². The average Bonchev–Trinajstić information content (AvgIpc) is 2.59. The second kappa shape index (κ2) is 6.43. The molecule has 0 atom stereocenters. The molecule has 1 saturated heterocycles. The van der Waals surface area contributed by atoms with Crippen LogP contribution in [0, 0.1) is 6.92 Å². The van der Waals surface area contributed by atoms with E-state index in [-0.39, 0.29) is 5.91 Å². The van der Waals surface area contributed by atoms with Gasteiger partial charge in [0.15, 0.2) is 0 Å². The molecule has 112 valence electrons. The molecule has 0 unspecified atom stereocenters. The largest absolute Gasteiger partial charge is 0.478 e. The first-order valence-electron chi connectivity index (χ1n) is 6.98. The summed E-state index contributed by atoms with van der Waals surface area (Å²) in [5.74, 6) is -0.834. The third-order valence-corrected chi connectivity index (χ3v) is 3.70. The minimum Gasteiger partial charge on any atom is -0.478 e. The van der Waals surface area contributed by atoms with Crippen molar-refractivity contribution in [2.45, 2.75) is 13.3 Å². The lowest BCUT2D eigenvalue weighted by Gasteiger charge is -2.22. The second-order valence-corrected chi connectivity index (χ2v) is 5.30. The number of anilines is 1. The van der Waals surface area contributed by atoms with Gasteiger partial charge in [-0.15, -0.1) is 0 Å². The van der Waals surface area contributed by atoms with E-state index in [1.54, 1.807) is 11.0 Å². The van der Waals surface area contributed by atoms with Crippen LogP contribution in [-0.4, -0.2) is 48.6 Å². The normalized spacial score (nSPS) is 16.4. The molecule has 1 aliphatic rings. The number of aliphatic carboxylic acids is 1. The Morgan fingerprint density at radius 2 is 2.10 bits per heavy atom. The zero-order valence-corrected chi connectivity index (χ0v) is 12.4. The van der Waals surface area contributed by atoms with Crippen LogP contribution in [0.1, 0.15) is 17.5 Å². The number of rotatable bonds is 3. The molecule has 0 radical (unpaired) electrons. The fourth-order valence-corrected chi connectivity index (χ4v) is 2.41. The third kappa shape index (κ3) is 3.84. The van der Waals surface area contributed by atoms with E-state index in [4.69, 9.17) is 5.11 Å². The van der Waals surface area contributed by atoms with Crippen LogP contribution in [0.3, 0.4) is 0 Å². The first-order chi connectivity index (χ1) is 9.97. The van der Waals surface area contributed by atoms with Crippen LogP contribution in [0.4, 0.5) is 5.69 Å². The lowest BCUT2D eigenvalue weighted by Crippen LogP contribution is -2.34. The van der Waals surface area contributed by atoms with Crippen LogP contribution in [0.2, 0.25) is 0 Å². The van der Waals surface area contributed by atoms with Gasteiger partial charge in [-0.25, -0.2) is 4.79 Å². The molecule has 0 aromatic heterocycles. The van der Waals surface area contributed by atoms with Crippen LogP contribution < -0.4 is 4.90 Å². The van der Waals surface area contributed by atoms with Crippen molar-refractivity contribution in [2.75, 3.05) is 31.6 Å². The van der Waals surface area contributed by atoms with Crippen LogP contribution in [0.25, 0.3) is 6.08 Å². The number of likely N-dealkylation sites (N-methyl/N-ethyl adjacent to an activating group) is 1. The maximum absolute atomic E-state index is 11.9. The van der Waals surface area contributed by atoms with Crippen molar-refractivity contribution in [3.8, 4) is 0 Å². The highest BCUT2D eigenvalue weighted by molar-refractivity contribution is 5.86. The summed E-state index contributed by atoms with van der Waals surface area (Å²) in [6, 6.07) is 5.83. The predicted molar refractivity (Wildman–Crippen MR) is 82.3 cm³/mol. The van der Waals surface area contributed by atoms with Gasteiger partial charge in [0.25, 0.3) is 0 Å². The summed E-state index contributed by atoms with van der Waals surface area (Å²) in [6.07, 6.45) is 3.66. The zero-order chi connectivity index (χ0) is 15.4. The first kappa shape index (κ1) is 15.1. The monoisotopic (exact) mass is 288 g/mol. The molecule has 0 bridgehead atoms. The molecule has 1 amide bonds. The Morgan fingerprint density at radius 3 is 2.76 bits per heavy atom. The number of hydrogen-bond donors (Lipinski definition) is 1. The molecule has 1 N–H and O–H groups in total. The number of amides is 1. The van der Waals surface area contributed by atoms with E-state index in [0.717, 1.165) is 42.4 Å². The number of hydrogen-bond acceptors (Lipinski definition) is 3. The molecule has 1 heterocycles. The van der Waals surface area contributed by atoms with Crippen molar-refractivity contribution in [2.24, 2.45) is 0 Å². The molecule has 0 saturated carbocycles. The number of benzene rings is 1. The van der Waals surface area contributed by atoms with Crippen LogP contribution in [-0.2, 0) is 9.59 Å². The van der Waals surface area contributed by atoms with Crippen LogP contribution in [0.5, 0.6) is 0 Å². The lowest BCUT2D eigenvalue weighted by atomic mass is 10.1. The van der Waals surface area contributed by atoms with Gasteiger partial charge in [0, 0.05) is 31.9 Å². The van der Waals surface area contributed by atoms with Crippen LogP contribution in [0.15, 0.2) is 24.3 Å². The second-order valence-electron chi connectivity index (χ2n) is 5.30. The molecule has 0 aliphatic carbocycles. The van der Waals surface area contributed by atoms with E-state index in [1.807, 2.05) is 32.2 Å². The van der Waals surface area contributed by atoms with Crippen molar-refractivity contribution >= 4 is 23.6 Å². The Balaban J connectivity index is 2.19. The molecule has 1 aliphatic heterocycles. The summed E-state index contributed by atoms with van der Waals surface area (Å²) < 4.78 is 0. The van der Waals surface area contributed by atoms with Gasteiger partial charge in [-0.1, -0.05) is 6.07 Å². The van der Waals surface area contributed by atoms with Crippen molar-refractivity contribution in [1.29, 1.82) is 0 Å². The van der Waals surface area contributed by atoms with Gasteiger partial charge in [-0.05, 0) is 42.7 Å². The molecule has 2 rings (SSSR count). The summed E-state index contributed by atoms with van der Waals surface area (Å²) >= 11 is 0. The van der Waals surface area contributed by atoms with E-state index in [2.05, 4.69) is 4.90 Å². The highest BCUT2D eigenvalue weighted by Gasteiger charge is 2.19. The lowest BCUT2D eigenvalue weighted by molar-refractivity contribution is -0.131. The van der Waals surface area contributed by atoms with E-state index in [1.165, 1.54) is 0 Å². The van der Waals surface area contributed by atoms with Gasteiger partial charge < -0.3 is 14.9 Å². The fraction of sp³-hybridized carbons (Fsp3) is 0.375. The molecule has 21 heavy (non-hydrogen) atoms. The van der Waals surface area contributed by atoms with Gasteiger partial charge in [0.2, 0.25) is 5.91 Å². The van der Waals surface area contributed by atoms with Gasteiger partial charge >= 0.3 is 5.97 Å². The summed E-state index contributed by atoms with van der Waals surface area (Å²) in [7, 11) is 1.83. The van der Waals surface area contributed by atoms with Gasteiger partial charge in [0.05, 0.1) is 6.54 Å². The first-order valence-corrected chi connectivity index (χ1v) is 6.98. The number of nitrogens with zero attached hydrogens (tertiary/aromatic N) is 2. The van der Waals surface area contributed by atoms with E-state index in [0.29, 0.717) is 6.54 Å². The minimum absolute atomic E-state index is 0.125. The molecule has 1 aromatic carbocycles. The number of carboxylic acids is 1. The molecular weight excluding hydrogens is 268 g/mol. The molecule has 0 spiro atoms. The fourth-order valence-electron chi connectivity index (χ4n) is 2.41. The number of carboxylic acid groups (broad SMARTS) is 1. The Hall–Kier alpha value is -2.30. The molecule has 1 fully saturated rings. The standard InChI is InChI=1S/C16H20N2O3/c1-12-10-14(6-4-13(12)5-7-16(20)21)18-9-3-8-17(2)15(19)11-18/h4-7,10H,3,8-9,11H2,1-2H3,(H,20,21)/b7-5+. The maximum atomic E-state index is 11.9. The zero-order valence-electron chi connectivity index (χ0n) is 12.4. The van der Waals surface area contributed by atoms with Gasteiger partial charge in [0.1, 0.15) is 0 Å². The number of carbonyl (C=O) groups is 2. The van der Waals surface area contributed by atoms with Crippen molar-refractivity contribution < 1.29 is 14.7 Å².